The van der Waals surface area contributed by atoms with Crippen molar-refractivity contribution >= 4 is 0 Å². The van der Waals surface area contributed by atoms with E-state index in [1.54, 1.807) is 12.1 Å². The molecule has 2 nitrogen and oxygen atoms in total. The minimum atomic E-state index is 0.102. The quantitative estimate of drug-likeness (QED) is 0.806. The lowest BCUT2D eigenvalue weighted by atomic mass is 9.97. The predicted octanol–water partition coefficient (Wildman–Crippen LogP) is 3.46. The highest BCUT2D eigenvalue weighted by Crippen LogP contribution is 2.36. The molecule has 0 aliphatic carbocycles. The van der Waals surface area contributed by atoms with Crippen molar-refractivity contribution < 1.29 is 9.84 Å². The van der Waals surface area contributed by atoms with Crippen LogP contribution in [0.3, 0.4) is 0 Å². The molecule has 17 heavy (non-hydrogen) atoms. The normalized spacial score (nSPS) is 18.2. The van der Waals surface area contributed by atoms with Crippen LogP contribution in [0.5, 0.6) is 11.5 Å². The number of phenolic OH excluding ortho intramolecular Hbond substituents is 1. The summed E-state index contributed by atoms with van der Waals surface area (Å²) in [6.07, 6.45) is 2.09. The Morgan fingerprint density at radius 1 is 1.06 bits per heavy atom. The van der Waals surface area contributed by atoms with Gasteiger partial charge in [0.2, 0.25) is 0 Å². The number of hydrogen-bond acceptors (Lipinski definition) is 2. The highest BCUT2D eigenvalue weighted by Gasteiger charge is 2.21. The van der Waals surface area contributed by atoms with Crippen molar-refractivity contribution in [3.8, 4) is 11.5 Å². The largest absolute Gasteiger partial charge is 0.508 e. The number of aryl methyl sites for hydroxylation is 1. The van der Waals surface area contributed by atoms with Gasteiger partial charge < -0.3 is 9.84 Å². The van der Waals surface area contributed by atoms with E-state index >= 15 is 0 Å². The summed E-state index contributed by atoms with van der Waals surface area (Å²) >= 11 is 0. The molecule has 0 radical (unpaired) electrons. The summed E-state index contributed by atoms with van der Waals surface area (Å²) < 4.78 is 5.94. The molecule has 0 spiro atoms. The van der Waals surface area contributed by atoms with Gasteiger partial charge in [0.05, 0.1) is 0 Å². The Bertz CT molecular complexity index is 520. The van der Waals surface area contributed by atoms with Gasteiger partial charge in [-0.2, -0.15) is 0 Å². The van der Waals surface area contributed by atoms with Crippen molar-refractivity contribution in [3.63, 3.8) is 0 Å². The molecule has 0 amide bonds. The van der Waals surface area contributed by atoms with Gasteiger partial charge in [-0.1, -0.05) is 36.4 Å². The van der Waals surface area contributed by atoms with E-state index in [1.165, 1.54) is 11.1 Å². The topological polar surface area (TPSA) is 29.5 Å². The molecular weight excluding hydrogens is 212 g/mol. The van der Waals surface area contributed by atoms with Gasteiger partial charge >= 0.3 is 0 Å². The maximum atomic E-state index is 9.47. The van der Waals surface area contributed by atoms with Crippen molar-refractivity contribution in [1.29, 1.82) is 0 Å². The molecular formula is C15H14O2. The second kappa shape index (κ2) is 4.13. The maximum absolute atomic E-state index is 9.47. The summed E-state index contributed by atoms with van der Waals surface area (Å²) in [5.74, 6) is 1.07. The Labute approximate surface area is 100 Å². The van der Waals surface area contributed by atoms with Crippen molar-refractivity contribution in [2.75, 3.05) is 0 Å². The van der Waals surface area contributed by atoms with Gasteiger partial charge in [0.15, 0.2) is 0 Å². The fraction of sp³-hybridized carbons (Fsp3) is 0.200. The summed E-state index contributed by atoms with van der Waals surface area (Å²) in [5, 5.41) is 9.47. The first-order valence-electron chi connectivity index (χ1n) is 5.86. The Hall–Kier alpha value is -1.96. The first-order chi connectivity index (χ1) is 8.33. The summed E-state index contributed by atoms with van der Waals surface area (Å²) in [7, 11) is 0. The summed E-state index contributed by atoms with van der Waals surface area (Å²) in [5.41, 5.74) is 2.37. The van der Waals surface area contributed by atoms with Crippen LogP contribution in [0.2, 0.25) is 0 Å². The molecule has 1 atom stereocenters. The van der Waals surface area contributed by atoms with Crippen LogP contribution < -0.4 is 4.74 Å². The smallest absolute Gasteiger partial charge is 0.127 e. The van der Waals surface area contributed by atoms with E-state index in [1.807, 2.05) is 24.3 Å². The van der Waals surface area contributed by atoms with Crippen molar-refractivity contribution in [3.05, 3.63) is 59.7 Å². The highest BCUT2D eigenvalue weighted by atomic mass is 16.5. The second-order valence-electron chi connectivity index (χ2n) is 4.35. The van der Waals surface area contributed by atoms with Crippen LogP contribution in [0.25, 0.3) is 0 Å². The predicted molar refractivity (Wildman–Crippen MR) is 66.2 cm³/mol. The Balaban J connectivity index is 1.90. The number of ether oxygens (including phenoxy) is 1. The number of aromatic hydroxyl groups is 1. The zero-order valence-corrected chi connectivity index (χ0v) is 9.47. The standard InChI is InChI=1S/C15H14O2/c16-13-8-6-12-7-9-14(17-15(12)10-13)11-4-2-1-3-5-11/h1-6,8,10,14,16H,7,9H2/t14-/m0/s1. The first kappa shape index (κ1) is 10.2. The van der Waals surface area contributed by atoms with E-state index in [0.717, 1.165) is 18.6 Å². The molecule has 0 saturated heterocycles. The van der Waals surface area contributed by atoms with Gasteiger partial charge in [-0.25, -0.2) is 0 Å². The number of rotatable bonds is 1. The van der Waals surface area contributed by atoms with E-state index in [2.05, 4.69) is 12.1 Å². The molecule has 2 aromatic carbocycles. The Kier molecular flexibility index (Phi) is 2.48. The summed E-state index contributed by atoms with van der Waals surface area (Å²) in [4.78, 5) is 0. The summed E-state index contributed by atoms with van der Waals surface area (Å²) in [6.45, 7) is 0. The monoisotopic (exact) mass is 226 g/mol. The molecule has 1 heterocycles. The van der Waals surface area contributed by atoms with Crippen molar-refractivity contribution in [2.24, 2.45) is 0 Å². The zero-order valence-electron chi connectivity index (χ0n) is 9.47. The van der Waals surface area contributed by atoms with Gasteiger partial charge in [-0.3, -0.25) is 0 Å². The van der Waals surface area contributed by atoms with Crippen LogP contribution in [0.4, 0.5) is 0 Å². The van der Waals surface area contributed by atoms with Crippen LogP contribution in [-0.4, -0.2) is 5.11 Å². The fourth-order valence-electron chi connectivity index (χ4n) is 2.26. The van der Waals surface area contributed by atoms with Gasteiger partial charge in [0.1, 0.15) is 17.6 Å². The first-order valence-corrected chi connectivity index (χ1v) is 5.86. The summed E-state index contributed by atoms with van der Waals surface area (Å²) in [6, 6.07) is 15.6. The number of fused-ring (bicyclic) bond motifs is 1. The van der Waals surface area contributed by atoms with E-state index in [9.17, 15) is 5.11 Å². The highest BCUT2D eigenvalue weighted by molar-refractivity contribution is 5.42. The lowest BCUT2D eigenvalue weighted by Gasteiger charge is -2.26. The molecule has 2 aromatic rings. The van der Waals surface area contributed by atoms with Crippen molar-refractivity contribution in [1.82, 2.24) is 0 Å². The number of hydrogen-bond donors (Lipinski definition) is 1. The lowest BCUT2D eigenvalue weighted by molar-refractivity contribution is 0.176. The molecule has 1 aliphatic heterocycles. The van der Waals surface area contributed by atoms with Gasteiger partial charge in [-0.15, -0.1) is 0 Å². The molecule has 0 bridgehead atoms. The van der Waals surface area contributed by atoms with Gasteiger partial charge in [0.25, 0.3) is 0 Å². The molecule has 3 rings (SSSR count). The van der Waals surface area contributed by atoms with E-state index in [0.29, 0.717) is 0 Å². The molecule has 1 N–H and O–H groups in total. The average Bonchev–Trinajstić information content (AvgIpc) is 2.39. The third-order valence-corrected chi connectivity index (χ3v) is 3.17. The minimum absolute atomic E-state index is 0.102. The maximum Gasteiger partial charge on any atom is 0.127 e. The van der Waals surface area contributed by atoms with Crippen LogP contribution in [0.1, 0.15) is 23.7 Å². The average molecular weight is 226 g/mol. The van der Waals surface area contributed by atoms with Crippen LogP contribution >= 0.6 is 0 Å². The SMILES string of the molecule is Oc1ccc2c(c1)O[C@H](c1ccccc1)CC2. The van der Waals surface area contributed by atoms with Gasteiger partial charge in [-0.05, 0) is 30.0 Å². The minimum Gasteiger partial charge on any atom is -0.508 e. The van der Waals surface area contributed by atoms with E-state index in [-0.39, 0.29) is 11.9 Å². The van der Waals surface area contributed by atoms with E-state index in [4.69, 9.17) is 4.74 Å². The van der Waals surface area contributed by atoms with Gasteiger partial charge in [0, 0.05) is 6.07 Å². The Morgan fingerprint density at radius 2 is 1.88 bits per heavy atom. The fourth-order valence-corrected chi connectivity index (χ4v) is 2.26. The lowest BCUT2D eigenvalue weighted by Crippen LogP contribution is -2.14. The molecule has 86 valence electrons. The van der Waals surface area contributed by atoms with Crippen LogP contribution in [-0.2, 0) is 6.42 Å². The zero-order chi connectivity index (χ0) is 11.7. The second-order valence-corrected chi connectivity index (χ2v) is 4.35. The van der Waals surface area contributed by atoms with E-state index < -0.39 is 0 Å². The molecule has 2 heteroatoms. The molecule has 0 saturated carbocycles. The third-order valence-electron chi connectivity index (χ3n) is 3.17. The van der Waals surface area contributed by atoms with Crippen LogP contribution in [0.15, 0.2) is 48.5 Å². The number of phenols is 1. The van der Waals surface area contributed by atoms with Crippen LogP contribution in [0, 0.1) is 0 Å². The molecule has 0 aromatic heterocycles. The molecule has 1 aliphatic rings. The third kappa shape index (κ3) is 1.98. The molecule has 0 fully saturated rings. The number of benzene rings is 2. The Morgan fingerprint density at radius 3 is 2.71 bits per heavy atom. The molecule has 0 unspecified atom stereocenters. The van der Waals surface area contributed by atoms with Crippen molar-refractivity contribution in [2.45, 2.75) is 18.9 Å².